The van der Waals surface area contributed by atoms with Gasteiger partial charge in [-0.05, 0) is 60.6 Å². The van der Waals surface area contributed by atoms with E-state index in [1.165, 1.54) is 16.5 Å². The van der Waals surface area contributed by atoms with Crippen molar-refractivity contribution in [2.45, 2.75) is 52.2 Å². The van der Waals surface area contributed by atoms with Crippen molar-refractivity contribution < 1.29 is 9.50 Å². The van der Waals surface area contributed by atoms with E-state index in [4.69, 9.17) is 4.98 Å². The Balaban J connectivity index is 1.51. The van der Waals surface area contributed by atoms with Crippen LogP contribution in [0.4, 0.5) is 15.9 Å². The highest BCUT2D eigenvalue weighted by Gasteiger charge is 2.19. The minimum Gasteiger partial charge on any atom is -0.393 e. The maximum absolute atomic E-state index is 14.7. The maximum atomic E-state index is 14.7. The molecule has 0 radical (unpaired) electrons. The predicted octanol–water partition coefficient (Wildman–Crippen LogP) is 5.38. The first-order chi connectivity index (χ1) is 14.4. The number of anilines is 2. The van der Waals surface area contributed by atoms with Gasteiger partial charge in [-0.25, -0.2) is 9.37 Å². The van der Waals surface area contributed by atoms with E-state index < -0.39 is 0 Å². The second-order valence-electron chi connectivity index (χ2n) is 8.58. The molecule has 158 valence electrons. The molecule has 1 aliphatic heterocycles. The van der Waals surface area contributed by atoms with Gasteiger partial charge >= 0.3 is 0 Å². The molecule has 1 fully saturated rings. The van der Waals surface area contributed by atoms with Crippen LogP contribution in [0, 0.1) is 12.7 Å². The highest BCUT2D eigenvalue weighted by Crippen LogP contribution is 2.28. The van der Waals surface area contributed by atoms with Crippen LogP contribution in [0.1, 0.15) is 49.3 Å². The number of pyridine rings is 1. The second kappa shape index (κ2) is 8.60. The molecule has 2 N–H and O–H groups in total. The fourth-order valence-electron chi connectivity index (χ4n) is 4.21. The van der Waals surface area contributed by atoms with Gasteiger partial charge in [0.15, 0.2) is 0 Å². The summed E-state index contributed by atoms with van der Waals surface area (Å²) < 4.78 is 14.7. The van der Waals surface area contributed by atoms with Crippen LogP contribution >= 0.6 is 0 Å². The van der Waals surface area contributed by atoms with E-state index in [1.807, 2.05) is 17.0 Å². The molecule has 0 spiro atoms. The largest absolute Gasteiger partial charge is 0.393 e. The molecule has 0 unspecified atom stereocenters. The Hall–Kier alpha value is -2.66. The van der Waals surface area contributed by atoms with Crippen molar-refractivity contribution in [3.8, 4) is 0 Å². The number of nitrogens with one attached hydrogen (secondary N) is 1. The van der Waals surface area contributed by atoms with Crippen molar-refractivity contribution in [2.24, 2.45) is 0 Å². The summed E-state index contributed by atoms with van der Waals surface area (Å²) in [7, 11) is 0. The number of hydrogen-bond donors (Lipinski definition) is 2. The third-order valence-corrected chi connectivity index (χ3v) is 5.99. The van der Waals surface area contributed by atoms with E-state index >= 15 is 0 Å². The van der Waals surface area contributed by atoms with Crippen LogP contribution in [0.15, 0.2) is 42.5 Å². The molecule has 0 amide bonds. The number of piperidine rings is 1. The molecule has 0 saturated carbocycles. The highest BCUT2D eigenvalue weighted by atomic mass is 19.1. The van der Waals surface area contributed by atoms with Gasteiger partial charge in [-0.15, -0.1) is 0 Å². The number of aliphatic hydroxyl groups is 1. The zero-order chi connectivity index (χ0) is 21.3. The Kier molecular flexibility index (Phi) is 5.91. The van der Waals surface area contributed by atoms with Crippen molar-refractivity contribution in [1.82, 2.24) is 4.98 Å². The average molecular weight is 408 g/mol. The van der Waals surface area contributed by atoms with Crippen molar-refractivity contribution in [3.63, 3.8) is 0 Å². The van der Waals surface area contributed by atoms with Gasteiger partial charge in [0.2, 0.25) is 0 Å². The Bertz CT molecular complexity index is 1040. The van der Waals surface area contributed by atoms with E-state index in [-0.39, 0.29) is 11.9 Å². The molecule has 0 aliphatic carbocycles. The van der Waals surface area contributed by atoms with E-state index in [1.54, 1.807) is 6.07 Å². The van der Waals surface area contributed by atoms with Gasteiger partial charge in [0, 0.05) is 25.0 Å². The number of aromatic nitrogens is 1. The lowest BCUT2D eigenvalue weighted by molar-refractivity contribution is 0.145. The molecule has 30 heavy (non-hydrogen) atoms. The number of aryl methyl sites for hydroxylation is 1. The Morgan fingerprint density at radius 2 is 1.93 bits per heavy atom. The number of aliphatic hydroxyl groups excluding tert-OH is 1. The molecule has 0 bridgehead atoms. The molecule has 0 atom stereocenters. The van der Waals surface area contributed by atoms with E-state index in [2.05, 4.69) is 50.4 Å². The topological polar surface area (TPSA) is 48.4 Å². The number of para-hydroxylation sites is 1. The fourth-order valence-corrected chi connectivity index (χ4v) is 4.21. The Labute approximate surface area is 177 Å². The van der Waals surface area contributed by atoms with Gasteiger partial charge < -0.3 is 15.3 Å². The van der Waals surface area contributed by atoms with Crippen LogP contribution in [-0.4, -0.2) is 29.3 Å². The first-order valence-electron chi connectivity index (χ1n) is 10.8. The molecule has 1 aliphatic rings. The van der Waals surface area contributed by atoms with Crippen molar-refractivity contribution >= 4 is 22.4 Å². The monoisotopic (exact) mass is 407 g/mol. The van der Waals surface area contributed by atoms with Crippen LogP contribution in [0.25, 0.3) is 10.9 Å². The van der Waals surface area contributed by atoms with Gasteiger partial charge in [-0.2, -0.15) is 0 Å². The summed E-state index contributed by atoms with van der Waals surface area (Å²) in [4.78, 5) is 6.87. The zero-order valence-electron chi connectivity index (χ0n) is 18.0. The van der Waals surface area contributed by atoms with Crippen molar-refractivity contribution in [2.75, 3.05) is 23.3 Å². The van der Waals surface area contributed by atoms with E-state index in [9.17, 15) is 9.50 Å². The molecule has 2 heterocycles. The SMILES string of the molecule is Cc1cc(NCc2ccc(N3CCC(O)CC3)c(F)c2)nc2c(C(C)C)cccc12. The average Bonchev–Trinajstić information content (AvgIpc) is 2.73. The van der Waals surface area contributed by atoms with E-state index in [0.717, 1.165) is 16.9 Å². The van der Waals surface area contributed by atoms with Gasteiger partial charge in [0.1, 0.15) is 11.6 Å². The molecule has 2 aromatic carbocycles. The molecular weight excluding hydrogens is 377 g/mol. The lowest BCUT2D eigenvalue weighted by Crippen LogP contribution is -2.36. The number of benzene rings is 2. The quantitative estimate of drug-likeness (QED) is 0.596. The molecule has 1 saturated heterocycles. The van der Waals surface area contributed by atoms with Gasteiger partial charge in [0.05, 0.1) is 17.3 Å². The molecule has 1 aromatic heterocycles. The Morgan fingerprint density at radius 3 is 2.63 bits per heavy atom. The number of nitrogens with zero attached hydrogens (tertiary/aromatic N) is 2. The summed E-state index contributed by atoms with van der Waals surface area (Å²) in [6.07, 6.45) is 1.12. The van der Waals surface area contributed by atoms with Crippen LogP contribution in [0.3, 0.4) is 0 Å². The second-order valence-corrected chi connectivity index (χ2v) is 8.58. The lowest BCUT2D eigenvalue weighted by Gasteiger charge is -2.31. The van der Waals surface area contributed by atoms with Crippen LogP contribution in [0.2, 0.25) is 0 Å². The predicted molar refractivity (Wildman–Crippen MR) is 122 cm³/mol. The summed E-state index contributed by atoms with van der Waals surface area (Å²) in [6, 6.07) is 13.8. The van der Waals surface area contributed by atoms with Crippen LogP contribution in [-0.2, 0) is 6.54 Å². The number of rotatable bonds is 5. The number of hydrogen-bond acceptors (Lipinski definition) is 4. The van der Waals surface area contributed by atoms with Gasteiger partial charge in [0.25, 0.3) is 0 Å². The molecule has 4 rings (SSSR count). The smallest absolute Gasteiger partial charge is 0.146 e. The molecule has 3 aromatic rings. The van der Waals surface area contributed by atoms with Gasteiger partial charge in [-0.1, -0.05) is 38.1 Å². The first kappa shape index (κ1) is 20.6. The zero-order valence-corrected chi connectivity index (χ0v) is 18.0. The third kappa shape index (κ3) is 4.26. The van der Waals surface area contributed by atoms with Crippen LogP contribution < -0.4 is 10.2 Å². The van der Waals surface area contributed by atoms with Crippen molar-refractivity contribution in [3.05, 3.63) is 65.0 Å². The summed E-state index contributed by atoms with van der Waals surface area (Å²) in [5.41, 5.74) is 4.95. The van der Waals surface area contributed by atoms with Crippen molar-refractivity contribution in [1.29, 1.82) is 0 Å². The Morgan fingerprint density at radius 1 is 1.17 bits per heavy atom. The molecule has 5 heteroatoms. The van der Waals surface area contributed by atoms with E-state index in [0.29, 0.717) is 44.1 Å². The van der Waals surface area contributed by atoms with Crippen LogP contribution in [0.5, 0.6) is 0 Å². The number of fused-ring (bicyclic) bond motifs is 1. The maximum Gasteiger partial charge on any atom is 0.146 e. The standard InChI is InChI=1S/C25H30FN3O/c1-16(2)20-5-4-6-21-17(3)13-24(28-25(20)21)27-15-18-7-8-23(22(26)14-18)29-11-9-19(30)10-12-29/h4-8,13-14,16,19,30H,9-12,15H2,1-3H3,(H,27,28). The number of halogens is 1. The normalized spacial score (nSPS) is 15.2. The minimum absolute atomic E-state index is 0.213. The molecule has 4 nitrogen and oxygen atoms in total. The first-order valence-corrected chi connectivity index (χ1v) is 10.8. The third-order valence-electron chi connectivity index (χ3n) is 5.99. The summed E-state index contributed by atoms with van der Waals surface area (Å²) in [6.45, 7) is 8.35. The summed E-state index contributed by atoms with van der Waals surface area (Å²) in [5, 5.41) is 14.2. The fraction of sp³-hybridized carbons (Fsp3) is 0.400. The summed E-state index contributed by atoms with van der Waals surface area (Å²) in [5.74, 6) is 0.992. The highest BCUT2D eigenvalue weighted by molar-refractivity contribution is 5.87. The lowest BCUT2D eigenvalue weighted by atomic mass is 9.98. The summed E-state index contributed by atoms with van der Waals surface area (Å²) >= 11 is 0. The molecular formula is C25H30FN3O. The van der Waals surface area contributed by atoms with Gasteiger partial charge in [-0.3, -0.25) is 0 Å². The minimum atomic E-state index is -0.262.